The van der Waals surface area contributed by atoms with Crippen LogP contribution in [0.25, 0.3) is 0 Å². The third-order valence-corrected chi connectivity index (χ3v) is 3.66. The number of rotatable bonds is 4. The van der Waals surface area contributed by atoms with Crippen molar-refractivity contribution in [2.45, 2.75) is 27.3 Å². The van der Waals surface area contributed by atoms with Crippen molar-refractivity contribution in [1.82, 2.24) is 0 Å². The summed E-state index contributed by atoms with van der Waals surface area (Å²) in [5, 5.41) is 12.2. The lowest BCUT2D eigenvalue weighted by atomic mass is 10.1. The fourth-order valence-corrected chi connectivity index (χ4v) is 2.98. The molecule has 5 heteroatoms. The Hall–Kier alpha value is -1.75. The van der Waals surface area contributed by atoms with Crippen molar-refractivity contribution in [3.05, 3.63) is 50.9 Å². The van der Waals surface area contributed by atoms with Crippen molar-refractivity contribution >= 4 is 27.6 Å². The van der Waals surface area contributed by atoms with Gasteiger partial charge in [0, 0.05) is 10.0 Å². The van der Waals surface area contributed by atoms with E-state index in [1.807, 2.05) is 19.9 Å². The minimum atomic E-state index is -1.04. The van der Waals surface area contributed by atoms with E-state index in [0.29, 0.717) is 17.9 Å². The van der Waals surface area contributed by atoms with Crippen molar-refractivity contribution in [2.75, 3.05) is 5.32 Å². The highest BCUT2D eigenvalue weighted by Crippen LogP contribution is 2.28. The van der Waals surface area contributed by atoms with Crippen molar-refractivity contribution in [1.29, 1.82) is 0 Å². The summed E-state index contributed by atoms with van der Waals surface area (Å²) in [6, 6.07) is 5.86. The van der Waals surface area contributed by atoms with Crippen LogP contribution >= 0.6 is 15.9 Å². The molecule has 2 N–H and O–H groups in total. The zero-order valence-corrected chi connectivity index (χ0v) is 13.2. The predicted octanol–water partition coefficient (Wildman–Crippen LogP) is 4.28. The third kappa shape index (κ3) is 3.04. The van der Waals surface area contributed by atoms with E-state index in [4.69, 9.17) is 9.52 Å². The van der Waals surface area contributed by atoms with Gasteiger partial charge in [0.25, 0.3) is 0 Å². The Kier molecular flexibility index (Phi) is 4.18. The lowest BCUT2D eigenvalue weighted by Crippen LogP contribution is -2.01. The standard InChI is InChI=1S/C15H16BrNO3/c1-8-4-9(2)13(12(16)5-8)17-7-11-6-10(3)14(20-11)15(18)19/h4-6,17H,7H2,1-3H3,(H,18,19). The predicted molar refractivity (Wildman–Crippen MR) is 81.3 cm³/mol. The summed E-state index contributed by atoms with van der Waals surface area (Å²) in [4.78, 5) is 10.9. The van der Waals surface area contributed by atoms with E-state index in [9.17, 15) is 4.79 Å². The van der Waals surface area contributed by atoms with Crippen LogP contribution in [0.4, 0.5) is 5.69 Å². The summed E-state index contributed by atoms with van der Waals surface area (Å²) in [5.74, 6) is -0.435. The summed E-state index contributed by atoms with van der Waals surface area (Å²) >= 11 is 3.53. The molecule has 1 heterocycles. The maximum Gasteiger partial charge on any atom is 0.372 e. The molecule has 0 atom stereocenters. The first-order chi connectivity index (χ1) is 9.38. The number of benzene rings is 1. The molecule has 1 aromatic heterocycles. The maximum atomic E-state index is 10.9. The average molecular weight is 338 g/mol. The molecule has 0 amide bonds. The lowest BCUT2D eigenvalue weighted by Gasteiger charge is -2.11. The topological polar surface area (TPSA) is 62.5 Å². The number of aromatic carboxylic acids is 1. The van der Waals surface area contributed by atoms with Crippen LogP contribution in [0.1, 0.15) is 33.0 Å². The normalized spacial score (nSPS) is 10.6. The van der Waals surface area contributed by atoms with Gasteiger partial charge in [-0.3, -0.25) is 0 Å². The van der Waals surface area contributed by atoms with Crippen molar-refractivity contribution in [3.8, 4) is 0 Å². The van der Waals surface area contributed by atoms with Gasteiger partial charge in [-0.25, -0.2) is 4.79 Å². The molecule has 4 nitrogen and oxygen atoms in total. The van der Waals surface area contributed by atoms with Crippen molar-refractivity contribution < 1.29 is 14.3 Å². The van der Waals surface area contributed by atoms with Crippen molar-refractivity contribution in [2.24, 2.45) is 0 Å². The van der Waals surface area contributed by atoms with E-state index >= 15 is 0 Å². The molecule has 2 aromatic rings. The smallest absolute Gasteiger partial charge is 0.372 e. The Bertz CT molecular complexity index is 638. The van der Waals surface area contributed by atoms with Crippen LogP contribution in [-0.2, 0) is 6.54 Å². The van der Waals surface area contributed by atoms with Gasteiger partial charge in [-0.15, -0.1) is 0 Å². The first-order valence-electron chi connectivity index (χ1n) is 6.21. The largest absolute Gasteiger partial charge is 0.475 e. The zero-order valence-electron chi connectivity index (χ0n) is 11.6. The second-order valence-corrected chi connectivity index (χ2v) is 5.68. The highest BCUT2D eigenvalue weighted by molar-refractivity contribution is 9.10. The molecule has 0 saturated heterocycles. The molecular formula is C15H16BrNO3. The number of carbonyl (C=O) groups is 1. The molecule has 2 rings (SSSR count). The molecule has 106 valence electrons. The van der Waals surface area contributed by atoms with Crippen LogP contribution in [-0.4, -0.2) is 11.1 Å². The molecule has 0 spiro atoms. The van der Waals surface area contributed by atoms with Crippen LogP contribution in [0.3, 0.4) is 0 Å². The maximum absolute atomic E-state index is 10.9. The number of nitrogens with one attached hydrogen (secondary N) is 1. The average Bonchev–Trinajstić information content (AvgIpc) is 2.69. The highest BCUT2D eigenvalue weighted by Gasteiger charge is 2.14. The van der Waals surface area contributed by atoms with E-state index in [-0.39, 0.29) is 5.76 Å². The van der Waals surface area contributed by atoms with Gasteiger partial charge in [-0.2, -0.15) is 0 Å². The molecule has 0 unspecified atom stereocenters. The molecule has 0 aliphatic heterocycles. The fourth-order valence-electron chi connectivity index (χ4n) is 2.16. The molecule has 0 radical (unpaired) electrons. The molecule has 0 aliphatic rings. The number of carboxylic acids is 1. The summed E-state index contributed by atoms with van der Waals surface area (Å²) < 4.78 is 6.31. The van der Waals surface area contributed by atoms with Gasteiger partial charge in [0.2, 0.25) is 5.76 Å². The summed E-state index contributed by atoms with van der Waals surface area (Å²) in [6.45, 7) is 6.23. The highest BCUT2D eigenvalue weighted by atomic mass is 79.9. The van der Waals surface area contributed by atoms with Gasteiger partial charge < -0.3 is 14.8 Å². The molecule has 20 heavy (non-hydrogen) atoms. The number of anilines is 1. The second-order valence-electron chi connectivity index (χ2n) is 4.82. The van der Waals surface area contributed by atoms with Gasteiger partial charge in [0.1, 0.15) is 5.76 Å². The number of hydrogen-bond donors (Lipinski definition) is 2. The molecule has 0 bridgehead atoms. The van der Waals surface area contributed by atoms with E-state index in [0.717, 1.165) is 15.7 Å². The van der Waals surface area contributed by atoms with Gasteiger partial charge >= 0.3 is 5.97 Å². The number of carboxylic acid groups (broad SMARTS) is 1. The lowest BCUT2D eigenvalue weighted by molar-refractivity contribution is 0.0659. The Morgan fingerprint density at radius 3 is 2.50 bits per heavy atom. The Labute approximate surface area is 125 Å². The van der Waals surface area contributed by atoms with Crippen LogP contribution in [0.2, 0.25) is 0 Å². The first kappa shape index (κ1) is 14.7. The summed E-state index contributed by atoms with van der Waals surface area (Å²) in [5.41, 5.74) is 3.93. The molecule has 0 aliphatic carbocycles. The van der Waals surface area contributed by atoms with E-state index in [1.54, 1.807) is 13.0 Å². The number of aryl methyl sites for hydroxylation is 3. The van der Waals surface area contributed by atoms with Gasteiger partial charge in [-0.1, -0.05) is 6.07 Å². The fraction of sp³-hybridized carbons (Fsp3) is 0.267. The van der Waals surface area contributed by atoms with E-state index in [2.05, 4.69) is 27.3 Å². The number of hydrogen-bond acceptors (Lipinski definition) is 3. The van der Waals surface area contributed by atoms with Crippen LogP contribution < -0.4 is 5.32 Å². The first-order valence-corrected chi connectivity index (χ1v) is 7.01. The minimum absolute atomic E-state index is 0.00138. The Morgan fingerprint density at radius 2 is 1.95 bits per heavy atom. The van der Waals surface area contributed by atoms with Crippen LogP contribution in [0.5, 0.6) is 0 Å². The van der Waals surface area contributed by atoms with E-state index < -0.39 is 5.97 Å². The zero-order chi connectivity index (χ0) is 14.9. The van der Waals surface area contributed by atoms with Crippen LogP contribution in [0, 0.1) is 20.8 Å². The number of halogens is 1. The molecular weight excluding hydrogens is 322 g/mol. The van der Waals surface area contributed by atoms with Gasteiger partial charge in [0.15, 0.2) is 0 Å². The number of furan rings is 1. The Morgan fingerprint density at radius 1 is 1.25 bits per heavy atom. The van der Waals surface area contributed by atoms with Gasteiger partial charge in [0.05, 0.1) is 12.2 Å². The summed E-state index contributed by atoms with van der Waals surface area (Å²) in [6.07, 6.45) is 0. The minimum Gasteiger partial charge on any atom is -0.475 e. The van der Waals surface area contributed by atoms with E-state index in [1.165, 1.54) is 5.56 Å². The quantitative estimate of drug-likeness (QED) is 0.874. The molecule has 0 saturated carbocycles. The Balaban J connectivity index is 2.17. The van der Waals surface area contributed by atoms with Crippen molar-refractivity contribution in [3.63, 3.8) is 0 Å². The third-order valence-electron chi connectivity index (χ3n) is 3.03. The van der Waals surface area contributed by atoms with Gasteiger partial charge in [-0.05, 0) is 60.0 Å². The second kappa shape index (κ2) is 5.71. The summed E-state index contributed by atoms with van der Waals surface area (Å²) in [7, 11) is 0. The molecule has 1 aromatic carbocycles. The monoisotopic (exact) mass is 337 g/mol. The van der Waals surface area contributed by atoms with Crippen LogP contribution in [0.15, 0.2) is 27.1 Å². The molecule has 0 fully saturated rings. The SMILES string of the molecule is Cc1cc(C)c(NCc2cc(C)c(C(=O)O)o2)c(Br)c1.